The van der Waals surface area contributed by atoms with Crippen molar-refractivity contribution in [2.24, 2.45) is 5.73 Å². The van der Waals surface area contributed by atoms with E-state index < -0.39 is 19.6 Å². The molecule has 1 atom stereocenters. The topological polar surface area (TPSA) is 101 Å². The van der Waals surface area contributed by atoms with Gasteiger partial charge in [-0.15, -0.1) is 0 Å². The number of carbonyl (C=O) groups is 1. The maximum absolute atomic E-state index is 10.8. The fourth-order valence-electron chi connectivity index (χ4n) is 1.88. The van der Waals surface area contributed by atoms with Crippen LogP contribution in [0.25, 0.3) is 0 Å². The molecule has 0 spiro atoms. The number of hydrogen-bond acceptors (Lipinski definition) is 4. The van der Waals surface area contributed by atoms with E-state index in [9.17, 15) is 4.79 Å². The number of H-pyrrole nitrogens is 1. The Bertz CT molecular complexity index is 452. The lowest BCUT2D eigenvalue weighted by molar-refractivity contribution is -0.138. The average Bonchev–Trinajstić information content (AvgIpc) is 2.70. The fourth-order valence-corrected chi connectivity index (χ4v) is 2.63. The number of nitrogens with two attached hydrogens (primary N) is 1. The summed E-state index contributed by atoms with van der Waals surface area (Å²) in [7, 11) is -1.10. The highest BCUT2D eigenvalue weighted by Gasteiger charge is 2.29. The Morgan fingerprint density at radius 1 is 1.55 bits per heavy atom. The number of hydrogen-bond donors (Lipinski definition) is 3. The lowest BCUT2D eigenvalue weighted by Crippen LogP contribution is -2.37. The first-order valence-electron chi connectivity index (χ1n) is 6.73. The van der Waals surface area contributed by atoms with E-state index in [4.69, 9.17) is 15.6 Å². The smallest absolute Gasteiger partial charge is 0.305 e. The molecule has 0 aliphatic rings. The number of ether oxygens (including phenoxy) is 1. The van der Waals surface area contributed by atoms with Gasteiger partial charge in [-0.25, -0.2) is 0 Å². The highest BCUT2D eigenvalue weighted by Crippen LogP contribution is 2.23. The van der Waals surface area contributed by atoms with Crippen molar-refractivity contribution in [1.82, 2.24) is 10.2 Å². The van der Waals surface area contributed by atoms with Crippen molar-refractivity contribution >= 4 is 14.0 Å². The first kappa shape index (κ1) is 16.9. The summed E-state index contributed by atoms with van der Waals surface area (Å²) in [6, 6.07) is 1.09. The maximum atomic E-state index is 10.8. The van der Waals surface area contributed by atoms with Gasteiger partial charge in [0.2, 0.25) is 0 Å². The summed E-state index contributed by atoms with van der Waals surface area (Å²) in [5.74, 6) is -0.941. The Balaban J connectivity index is 2.61. The van der Waals surface area contributed by atoms with E-state index in [1.165, 1.54) is 0 Å². The van der Waals surface area contributed by atoms with Crippen LogP contribution in [0, 0.1) is 0 Å². The van der Waals surface area contributed by atoms with Crippen LogP contribution in [-0.4, -0.2) is 36.0 Å². The average molecular weight is 299 g/mol. The number of carboxylic acids is 1. The van der Waals surface area contributed by atoms with E-state index in [0.717, 1.165) is 11.6 Å². The molecule has 0 aliphatic heterocycles. The van der Waals surface area contributed by atoms with Gasteiger partial charge in [0.15, 0.2) is 0 Å². The fraction of sp³-hybridized carbons (Fsp3) is 0.692. The van der Waals surface area contributed by atoms with Crippen LogP contribution in [0.4, 0.5) is 0 Å². The minimum atomic E-state index is -1.10. The lowest BCUT2D eigenvalue weighted by Gasteiger charge is -2.22. The molecular weight excluding hydrogens is 274 g/mol. The number of nitrogens with one attached hydrogen (secondary N) is 1. The standard InChI is InChI=1S/C13H25N3O3Si/c1-13(14,7-11(17)18)12-10(8-15-16-12)9-19-5-6-20(2,3)4/h8H,5-7,9,14H2,1-4H3,(H,15,16)(H,17,18)/t13-/m0/s1. The molecule has 0 radical (unpaired) electrons. The number of aliphatic carboxylic acids is 1. The monoisotopic (exact) mass is 299 g/mol. The van der Waals surface area contributed by atoms with E-state index in [-0.39, 0.29) is 6.42 Å². The van der Waals surface area contributed by atoms with Crippen molar-refractivity contribution in [2.75, 3.05) is 6.61 Å². The second kappa shape index (κ2) is 6.51. The molecule has 1 aromatic rings. The van der Waals surface area contributed by atoms with Gasteiger partial charge in [-0.2, -0.15) is 5.10 Å². The minimum Gasteiger partial charge on any atom is -0.481 e. The van der Waals surface area contributed by atoms with Crippen molar-refractivity contribution in [3.8, 4) is 0 Å². The Hall–Kier alpha value is -1.18. The normalized spacial score (nSPS) is 15.1. The van der Waals surface area contributed by atoms with Crippen molar-refractivity contribution < 1.29 is 14.6 Å². The van der Waals surface area contributed by atoms with E-state index >= 15 is 0 Å². The van der Waals surface area contributed by atoms with Gasteiger partial charge in [-0.1, -0.05) is 19.6 Å². The number of carboxylic acid groups (broad SMARTS) is 1. The number of nitrogens with zero attached hydrogens (tertiary/aromatic N) is 1. The molecule has 6 nitrogen and oxygen atoms in total. The van der Waals surface area contributed by atoms with Gasteiger partial charge >= 0.3 is 5.97 Å². The van der Waals surface area contributed by atoms with Gasteiger partial charge < -0.3 is 15.6 Å². The van der Waals surface area contributed by atoms with Gasteiger partial charge in [-0.3, -0.25) is 9.89 Å². The van der Waals surface area contributed by atoms with Gasteiger partial charge in [-0.05, 0) is 13.0 Å². The molecule has 1 aromatic heterocycles. The predicted octanol–water partition coefficient (Wildman–Crippen LogP) is 1.91. The molecule has 0 aliphatic carbocycles. The summed E-state index contributed by atoms with van der Waals surface area (Å²) in [5, 5.41) is 15.7. The minimum absolute atomic E-state index is 0.167. The van der Waals surface area contributed by atoms with Crippen LogP contribution < -0.4 is 5.73 Å². The molecule has 1 rings (SSSR count). The van der Waals surface area contributed by atoms with Crippen LogP contribution in [-0.2, 0) is 21.7 Å². The second-order valence-corrected chi connectivity index (χ2v) is 12.2. The molecule has 7 heteroatoms. The first-order valence-corrected chi connectivity index (χ1v) is 10.4. The quantitative estimate of drug-likeness (QED) is 0.503. The zero-order valence-corrected chi connectivity index (χ0v) is 13.7. The van der Waals surface area contributed by atoms with Crippen molar-refractivity contribution in [2.45, 2.75) is 51.2 Å². The van der Waals surface area contributed by atoms with Gasteiger partial charge in [0, 0.05) is 26.4 Å². The first-order chi connectivity index (χ1) is 9.12. The molecule has 0 amide bonds. The molecule has 0 aromatic carbocycles. The van der Waals surface area contributed by atoms with Crippen molar-refractivity contribution in [3.63, 3.8) is 0 Å². The van der Waals surface area contributed by atoms with E-state index in [1.807, 2.05) is 0 Å². The van der Waals surface area contributed by atoms with Crippen LogP contribution in [0.2, 0.25) is 25.7 Å². The summed E-state index contributed by atoms with van der Waals surface area (Å²) >= 11 is 0. The molecular formula is C13H25N3O3Si. The van der Waals surface area contributed by atoms with E-state index in [0.29, 0.717) is 18.9 Å². The van der Waals surface area contributed by atoms with Crippen LogP contribution in [0.15, 0.2) is 6.20 Å². The Kier molecular flexibility index (Phi) is 5.49. The summed E-state index contributed by atoms with van der Waals surface area (Å²) in [6.07, 6.45) is 1.55. The van der Waals surface area contributed by atoms with Crippen molar-refractivity contribution in [1.29, 1.82) is 0 Å². The Morgan fingerprint density at radius 3 is 2.75 bits per heavy atom. The number of aromatic nitrogens is 2. The van der Waals surface area contributed by atoms with Gasteiger partial charge in [0.25, 0.3) is 0 Å². The zero-order chi connectivity index (χ0) is 15.4. The second-order valence-electron chi connectivity index (χ2n) is 6.61. The molecule has 0 fully saturated rings. The summed E-state index contributed by atoms with van der Waals surface area (Å²) in [4.78, 5) is 10.8. The molecule has 0 unspecified atom stereocenters. The SMILES string of the molecule is C[C@](N)(CC(=O)O)c1n[nH]cc1COCC[Si](C)(C)C. The number of rotatable bonds is 8. The van der Waals surface area contributed by atoms with E-state index in [2.05, 4.69) is 29.8 Å². The van der Waals surface area contributed by atoms with Crippen LogP contribution >= 0.6 is 0 Å². The third-order valence-electron chi connectivity index (χ3n) is 3.03. The van der Waals surface area contributed by atoms with Gasteiger partial charge in [0.1, 0.15) is 0 Å². The zero-order valence-electron chi connectivity index (χ0n) is 12.7. The van der Waals surface area contributed by atoms with Gasteiger partial charge in [0.05, 0.1) is 24.3 Å². The third-order valence-corrected chi connectivity index (χ3v) is 4.74. The molecule has 4 N–H and O–H groups in total. The number of aromatic amines is 1. The lowest BCUT2D eigenvalue weighted by atomic mass is 9.92. The summed E-state index contributed by atoms with van der Waals surface area (Å²) in [6.45, 7) is 9.67. The van der Waals surface area contributed by atoms with Crippen molar-refractivity contribution in [3.05, 3.63) is 17.5 Å². The highest BCUT2D eigenvalue weighted by atomic mass is 28.3. The van der Waals surface area contributed by atoms with Crippen LogP contribution in [0.1, 0.15) is 24.6 Å². The molecule has 20 heavy (non-hydrogen) atoms. The molecule has 0 saturated carbocycles. The van der Waals surface area contributed by atoms with Crippen LogP contribution in [0.3, 0.4) is 0 Å². The highest BCUT2D eigenvalue weighted by molar-refractivity contribution is 6.76. The largest absolute Gasteiger partial charge is 0.481 e. The predicted molar refractivity (Wildman–Crippen MR) is 80.2 cm³/mol. The third kappa shape index (κ3) is 5.44. The molecule has 0 saturated heterocycles. The maximum Gasteiger partial charge on any atom is 0.305 e. The van der Waals surface area contributed by atoms with E-state index in [1.54, 1.807) is 13.1 Å². The molecule has 0 bridgehead atoms. The molecule has 1 heterocycles. The molecule has 114 valence electrons. The summed E-state index contributed by atoms with van der Waals surface area (Å²) < 4.78 is 5.67. The van der Waals surface area contributed by atoms with Crippen LogP contribution in [0.5, 0.6) is 0 Å². The summed E-state index contributed by atoms with van der Waals surface area (Å²) in [5.41, 5.74) is 6.44. The Morgan fingerprint density at radius 2 is 2.20 bits per heavy atom. The Labute approximate surface area is 120 Å².